The second-order valence-corrected chi connectivity index (χ2v) is 2.80. The van der Waals surface area contributed by atoms with Crippen molar-refractivity contribution >= 4 is 0 Å². The van der Waals surface area contributed by atoms with E-state index in [1.807, 2.05) is 6.08 Å². The van der Waals surface area contributed by atoms with Crippen LogP contribution in [-0.2, 0) is 4.74 Å². The molecule has 1 rings (SSSR count). The Morgan fingerprint density at radius 1 is 1.73 bits per heavy atom. The average molecular weight is 157 g/mol. The number of aliphatic hydroxyl groups excluding tert-OH is 1. The van der Waals surface area contributed by atoms with E-state index in [0.717, 1.165) is 12.8 Å². The van der Waals surface area contributed by atoms with Gasteiger partial charge in [0.25, 0.3) is 0 Å². The zero-order valence-electron chi connectivity index (χ0n) is 6.57. The highest BCUT2D eigenvalue weighted by atomic mass is 16.5. The molecule has 0 saturated heterocycles. The molecule has 0 aliphatic carbocycles. The van der Waals surface area contributed by atoms with E-state index in [1.54, 1.807) is 6.26 Å². The zero-order chi connectivity index (χ0) is 8.10. The number of nitrogens with two attached hydrogens (primary N) is 1. The van der Waals surface area contributed by atoms with Crippen LogP contribution in [-0.4, -0.2) is 23.9 Å². The van der Waals surface area contributed by atoms with Gasteiger partial charge in [-0.3, -0.25) is 0 Å². The Balaban J connectivity index is 2.28. The summed E-state index contributed by atoms with van der Waals surface area (Å²) in [6.07, 6.45) is 6.42. The molecule has 0 bridgehead atoms. The molecule has 3 heteroatoms. The van der Waals surface area contributed by atoms with Gasteiger partial charge in [-0.15, -0.1) is 0 Å². The minimum Gasteiger partial charge on any atom is -0.497 e. The van der Waals surface area contributed by atoms with E-state index in [2.05, 4.69) is 0 Å². The average Bonchev–Trinajstić information content (AvgIpc) is 2.07. The van der Waals surface area contributed by atoms with E-state index in [-0.39, 0.29) is 18.8 Å². The Kier molecular flexibility index (Phi) is 3.39. The summed E-state index contributed by atoms with van der Waals surface area (Å²) in [5, 5.41) is 8.61. The van der Waals surface area contributed by atoms with Gasteiger partial charge in [0, 0.05) is 12.6 Å². The predicted molar refractivity (Wildman–Crippen MR) is 42.9 cm³/mol. The van der Waals surface area contributed by atoms with Gasteiger partial charge in [0.1, 0.15) is 6.10 Å². The molecular formula is C8H15NO2. The lowest BCUT2D eigenvalue weighted by Gasteiger charge is -2.24. The zero-order valence-corrected chi connectivity index (χ0v) is 6.57. The molecule has 11 heavy (non-hydrogen) atoms. The van der Waals surface area contributed by atoms with Gasteiger partial charge >= 0.3 is 0 Å². The fourth-order valence-electron chi connectivity index (χ4n) is 1.20. The Morgan fingerprint density at radius 2 is 2.55 bits per heavy atom. The molecule has 0 radical (unpaired) electrons. The van der Waals surface area contributed by atoms with Gasteiger partial charge < -0.3 is 15.6 Å². The molecule has 0 aromatic heterocycles. The second kappa shape index (κ2) is 4.36. The van der Waals surface area contributed by atoms with E-state index in [0.29, 0.717) is 6.42 Å². The first-order valence-corrected chi connectivity index (χ1v) is 4.01. The van der Waals surface area contributed by atoms with Gasteiger partial charge in [0.2, 0.25) is 0 Å². The third-order valence-corrected chi connectivity index (χ3v) is 1.91. The smallest absolute Gasteiger partial charge is 0.113 e. The van der Waals surface area contributed by atoms with E-state index in [9.17, 15) is 0 Å². The molecule has 1 aliphatic rings. The van der Waals surface area contributed by atoms with Gasteiger partial charge in [0.05, 0.1) is 6.26 Å². The van der Waals surface area contributed by atoms with Crippen LogP contribution in [0.1, 0.15) is 19.3 Å². The minimum atomic E-state index is -0.0232. The maximum Gasteiger partial charge on any atom is 0.113 e. The van der Waals surface area contributed by atoms with E-state index in [4.69, 9.17) is 15.6 Å². The van der Waals surface area contributed by atoms with Gasteiger partial charge in [-0.1, -0.05) is 0 Å². The fraction of sp³-hybridized carbons (Fsp3) is 0.750. The fourth-order valence-corrected chi connectivity index (χ4v) is 1.20. The first kappa shape index (κ1) is 8.56. The van der Waals surface area contributed by atoms with Crippen molar-refractivity contribution in [2.24, 2.45) is 5.73 Å². The first-order chi connectivity index (χ1) is 5.34. The van der Waals surface area contributed by atoms with Crippen molar-refractivity contribution in [3.8, 4) is 0 Å². The summed E-state index contributed by atoms with van der Waals surface area (Å²) in [6, 6.07) is -0.0232. The minimum absolute atomic E-state index is 0.0232. The molecule has 0 saturated carbocycles. The highest BCUT2D eigenvalue weighted by molar-refractivity contribution is 4.86. The molecule has 2 atom stereocenters. The van der Waals surface area contributed by atoms with E-state index >= 15 is 0 Å². The number of aliphatic hydroxyl groups is 1. The van der Waals surface area contributed by atoms with Crippen molar-refractivity contribution in [1.82, 2.24) is 0 Å². The molecule has 0 fully saturated rings. The summed E-state index contributed by atoms with van der Waals surface area (Å²) in [6.45, 7) is 0.144. The summed E-state index contributed by atoms with van der Waals surface area (Å²) >= 11 is 0. The maximum absolute atomic E-state index is 8.61. The number of rotatable bonds is 3. The van der Waals surface area contributed by atoms with Gasteiger partial charge in [-0.2, -0.15) is 0 Å². The molecule has 3 nitrogen and oxygen atoms in total. The largest absolute Gasteiger partial charge is 0.497 e. The van der Waals surface area contributed by atoms with Crippen LogP contribution in [0.3, 0.4) is 0 Å². The number of allylic oxidation sites excluding steroid dienone is 1. The van der Waals surface area contributed by atoms with Crippen LogP contribution in [0.15, 0.2) is 12.3 Å². The van der Waals surface area contributed by atoms with Crippen molar-refractivity contribution in [2.45, 2.75) is 31.4 Å². The number of hydrogen-bond acceptors (Lipinski definition) is 3. The van der Waals surface area contributed by atoms with Crippen molar-refractivity contribution in [1.29, 1.82) is 0 Å². The Labute approximate surface area is 66.8 Å². The highest BCUT2D eigenvalue weighted by Crippen LogP contribution is 2.13. The van der Waals surface area contributed by atoms with Crippen LogP contribution >= 0.6 is 0 Å². The number of hydrogen-bond donors (Lipinski definition) is 2. The van der Waals surface area contributed by atoms with E-state index in [1.165, 1.54) is 0 Å². The van der Waals surface area contributed by atoms with Crippen molar-refractivity contribution in [3.63, 3.8) is 0 Å². The first-order valence-electron chi connectivity index (χ1n) is 4.01. The Hall–Kier alpha value is -0.540. The van der Waals surface area contributed by atoms with Crippen LogP contribution in [0, 0.1) is 0 Å². The monoisotopic (exact) mass is 157 g/mol. The lowest BCUT2D eigenvalue weighted by Crippen LogP contribution is -2.37. The standard InChI is InChI=1S/C8H15NO2/c9-7(4-5-10)8-3-1-2-6-11-8/h2,6-8,10H,1,3-5,9H2. The van der Waals surface area contributed by atoms with Crippen LogP contribution in [0.2, 0.25) is 0 Å². The third-order valence-electron chi connectivity index (χ3n) is 1.91. The lowest BCUT2D eigenvalue weighted by molar-refractivity contribution is 0.0886. The molecule has 1 aliphatic heterocycles. The summed E-state index contributed by atoms with van der Waals surface area (Å²) in [5.74, 6) is 0. The van der Waals surface area contributed by atoms with Gasteiger partial charge in [-0.05, 0) is 25.3 Å². The highest BCUT2D eigenvalue weighted by Gasteiger charge is 2.18. The lowest BCUT2D eigenvalue weighted by atomic mass is 10.0. The molecule has 0 aromatic carbocycles. The predicted octanol–water partition coefficient (Wildman–Crippen LogP) is 0.389. The normalized spacial score (nSPS) is 26.2. The maximum atomic E-state index is 8.61. The molecule has 3 N–H and O–H groups in total. The second-order valence-electron chi connectivity index (χ2n) is 2.80. The number of ether oxygens (including phenoxy) is 1. The van der Waals surface area contributed by atoms with Crippen molar-refractivity contribution < 1.29 is 9.84 Å². The summed E-state index contributed by atoms with van der Waals surface area (Å²) in [4.78, 5) is 0. The SMILES string of the molecule is NC(CCO)C1CCC=CO1. The molecule has 2 unspecified atom stereocenters. The van der Waals surface area contributed by atoms with Crippen LogP contribution < -0.4 is 5.73 Å². The summed E-state index contributed by atoms with van der Waals surface area (Å²) < 4.78 is 5.28. The Morgan fingerprint density at radius 3 is 3.09 bits per heavy atom. The van der Waals surface area contributed by atoms with Gasteiger partial charge in [-0.25, -0.2) is 0 Å². The molecule has 0 spiro atoms. The van der Waals surface area contributed by atoms with Crippen LogP contribution in [0.25, 0.3) is 0 Å². The Bertz CT molecular complexity index is 136. The topological polar surface area (TPSA) is 55.5 Å². The summed E-state index contributed by atoms with van der Waals surface area (Å²) in [5.41, 5.74) is 5.74. The van der Waals surface area contributed by atoms with E-state index < -0.39 is 0 Å². The quantitative estimate of drug-likeness (QED) is 0.623. The van der Waals surface area contributed by atoms with Crippen molar-refractivity contribution in [2.75, 3.05) is 6.61 Å². The van der Waals surface area contributed by atoms with Gasteiger partial charge in [0.15, 0.2) is 0 Å². The molecular weight excluding hydrogens is 142 g/mol. The van der Waals surface area contributed by atoms with Crippen LogP contribution in [0.4, 0.5) is 0 Å². The van der Waals surface area contributed by atoms with Crippen molar-refractivity contribution in [3.05, 3.63) is 12.3 Å². The third kappa shape index (κ3) is 2.52. The molecule has 1 heterocycles. The molecule has 0 amide bonds. The van der Waals surface area contributed by atoms with Crippen LogP contribution in [0.5, 0.6) is 0 Å². The summed E-state index contributed by atoms with van der Waals surface area (Å²) in [7, 11) is 0. The molecule has 0 aromatic rings. The molecule has 64 valence electrons.